The van der Waals surface area contributed by atoms with Crippen molar-refractivity contribution in [3.63, 3.8) is 0 Å². The average Bonchev–Trinajstić information content (AvgIpc) is 2.87. The van der Waals surface area contributed by atoms with E-state index in [-0.39, 0.29) is 11.9 Å². The largest absolute Gasteiger partial charge is 0.419 e. The molecule has 0 aromatic carbocycles. The van der Waals surface area contributed by atoms with E-state index in [9.17, 15) is 13.2 Å². The minimum Gasteiger partial charge on any atom is -0.309 e. The first-order valence-corrected chi connectivity index (χ1v) is 6.66. The molecule has 0 saturated heterocycles. The number of halogens is 4. The molecule has 8 heteroatoms. The molecule has 0 bridgehead atoms. The van der Waals surface area contributed by atoms with Crippen LogP contribution in [0.3, 0.4) is 0 Å². The highest BCUT2D eigenvalue weighted by molar-refractivity contribution is 6.31. The Morgan fingerprint density at radius 3 is 2.62 bits per heavy atom. The smallest absolute Gasteiger partial charge is 0.309 e. The van der Waals surface area contributed by atoms with Crippen LogP contribution in [0.4, 0.5) is 13.2 Å². The van der Waals surface area contributed by atoms with Crippen LogP contribution in [0.5, 0.6) is 0 Å². The molecule has 21 heavy (non-hydrogen) atoms. The van der Waals surface area contributed by atoms with Crippen molar-refractivity contribution >= 4 is 11.6 Å². The van der Waals surface area contributed by atoms with Gasteiger partial charge in [-0.3, -0.25) is 0 Å². The third-order valence-corrected chi connectivity index (χ3v) is 3.07. The van der Waals surface area contributed by atoms with Crippen LogP contribution in [-0.4, -0.2) is 20.8 Å². The molecule has 0 saturated carbocycles. The maximum atomic E-state index is 12.6. The quantitative estimate of drug-likeness (QED) is 0.939. The zero-order valence-corrected chi connectivity index (χ0v) is 12.2. The number of rotatable bonds is 4. The molecule has 0 fully saturated rings. The molecule has 2 aromatic heterocycles. The number of nitrogens with zero attached hydrogens (tertiary/aromatic N) is 3. The van der Waals surface area contributed by atoms with Gasteiger partial charge in [-0.2, -0.15) is 18.3 Å². The second kappa shape index (κ2) is 6.03. The van der Waals surface area contributed by atoms with Gasteiger partial charge in [-0.05, 0) is 12.1 Å². The zero-order valence-electron chi connectivity index (χ0n) is 11.4. The molecule has 0 aliphatic rings. The fourth-order valence-electron chi connectivity index (χ4n) is 1.62. The Morgan fingerprint density at radius 2 is 2.05 bits per heavy atom. The van der Waals surface area contributed by atoms with Gasteiger partial charge in [0.05, 0.1) is 22.5 Å². The van der Waals surface area contributed by atoms with Crippen molar-refractivity contribution in [2.75, 3.05) is 0 Å². The molecule has 4 nitrogen and oxygen atoms in total. The third-order valence-electron chi connectivity index (χ3n) is 2.73. The third kappa shape index (κ3) is 3.95. The van der Waals surface area contributed by atoms with Crippen molar-refractivity contribution in [1.82, 2.24) is 20.1 Å². The van der Waals surface area contributed by atoms with Crippen molar-refractivity contribution in [2.45, 2.75) is 32.6 Å². The summed E-state index contributed by atoms with van der Waals surface area (Å²) in [4.78, 5) is 4.25. The Labute approximate surface area is 124 Å². The van der Waals surface area contributed by atoms with Crippen molar-refractivity contribution in [1.29, 1.82) is 0 Å². The van der Waals surface area contributed by atoms with E-state index in [0.29, 0.717) is 17.3 Å². The van der Waals surface area contributed by atoms with Gasteiger partial charge in [0.25, 0.3) is 0 Å². The Balaban J connectivity index is 2.28. The van der Waals surface area contributed by atoms with E-state index in [1.807, 2.05) is 13.8 Å². The van der Waals surface area contributed by atoms with Crippen LogP contribution in [-0.2, 0) is 12.7 Å². The molecule has 0 unspecified atom stereocenters. The van der Waals surface area contributed by atoms with Gasteiger partial charge in [-0.15, -0.1) is 0 Å². The van der Waals surface area contributed by atoms with E-state index >= 15 is 0 Å². The number of nitrogens with one attached hydrogen (secondary N) is 1. The molecule has 1 N–H and O–H groups in total. The van der Waals surface area contributed by atoms with Crippen LogP contribution >= 0.6 is 11.6 Å². The first kappa shape index (κ1) is 15.8. The molecule has 0 amide bonds. The SMILES string of the molecule is CC(C)NCc1nc(-n2cc(C(F)(F)F)cn2)ccc1Cl. The summed E-state index contributed by atoms with van der Waals surface area (Å²) in [7, 11) is 0. The molecule has 0 radical (unpaired) electrons. The molecule has 2 aromatic rings. The summed E-state index contributed by atoms with van der Waals surface area (Å²) < 4.78 is 38.8. The van der Waals surface area contributed by atoms with E-state index in [4.69, 9.17) is 11.6 Å². The minimum atomic E-state index is -4.42. The van der Waals surface area contributed by atoms with Crippen LogP contribution in [0.15, 0.2) is 24.5 Å². The highest BCUT2D eigenvalue weighted by Gasteiger charge is 2.32. The Hall–Kier alpha value is -1.60. The monoisotopic (exact) mass is 318 g/mol. The number of hydrogen-bond acceptors (Lipinski definition) is 3. The minimum absolute atomic E-state index is 0.244. The summed E-state index contributed by atoms with van der Waals surface area (Å²) in [5.41, 5.74) is -0.256. The molecule has 2 rings (SSSR count). The summed E-state index contributed by atoms with van der Waals surface area (Å²) in [6.07, 6.45) is -2.76. The van der Waals surface area contributed by atoms with Gasteiger partial charge in [0.1, 0.15) is 0 Å². The van der Waals surface area contributed by atoms with Crippen LogP contribution in [0.1, 0.15) is 25.1 Å². The van der Waals surface area contributed by atoms with Gasteiger partial charge in [0.15, 0.2) is 5.82 Å². The van der Waals surface area contributed by atoms with E-state index in [2.05, 4.69) is 15.4 Å². The molecule has 114 valence electrons. The zero-order chi connectivity index (χ0) is 15.6. The fraction of sp³-hybridized carbons (Fsp3) is 0.385. The summed E-state index contributed by atoms with van der Waals surface area (Å²) in [6.45, 7) is 4.37. The molecular formula is C13H14ClF3N4. The van der Waals surface area contributed by atoms with Gasteiger partial charge in [0, 0.05) is 18.8 Å². The van der Waals surface area contributed by atoms with E-state index in [1.165, 1.54) is 6.07 Å². The maximum absolute atomic E-state index is 12.6. The lowest BCUT2D eigenvalue weighted by Crippen LogP contribution is -2.23. The Kier molecular flexibility index (Phi) is 4.53. The van der Waals surface area contributed by atoms with Gasteiger partial charge in [-0.25, -0.2) is 9.67 Å². The summed E-state index contributed by atoms with van der Waals surface area (Å²) in [5.74, 6) is 0.287. The summed E-state index contributed by atoms with van der Waals surface area (Å²) in [6, 6.07) is 3.36. The molecule has 0 aliphatic heterocycles. The number of pyridine rings is 1. The van der Waals surface area contributed by atoms with Crippen LogP contribution < -0.4 is 5.32 Å². The molecule has 0 aliphatic carbocycles. The van der Waals surface area contributed by atoms with Gasteiger partial charge >= 0.3 is 6.18 Å². The predicted octanol–water partition coefficient (Wildman–Crippen LogP) is 3.44. The fourth-order valence-corrected chi connectivity index (χ4v) is 1.79. The van der Waals surface area contributed by atoms with E-state index < -0.39 is 11.7 Å². The lowest BCUT2D eigenvalue weighted by Gasteiger charge is -2.10. The highest BCUT2D eigenvalue weighted by atomic mass is 35.5. The van der Waals surface area contributed by atoms with Crippen molar-refractivity contribution in [3.8, 4) is 5.82 Å². The summed E-state index contributed by atoms with van der Waals surface area (Å²) >= 11 is 6.03. The van der Waals surface area contributed by atoms with Crippen molar-refractivity contribution in [3.05, 3.63) is 40.8 Å². The van der Waals surface area contributed by atoms with Crippen LogP contribution in [0.2, 0.25) is 5.02 Å². The molecule has 0 spiro atoms. The van der Waals surface area contributed by atoms with Gasteiger partial charge in [0.2, 0.25) is 0 Å². The topological polar surface area (TPSA) is 42.7 Å². The Bertz CT molecular complexity index is 622. The molecule has 2 heterocycles. The van der Waals surface area contributed by atoms with Gasteiger partial charge in [-0.1, -0.05) is 25.4 Å². The Morgan fingerprint density at radius 1 is 1.33 bits per heavy atom. The predicted molar refractivity (Wildman–Crippen MR) is 73.3 cm³/mol. The van der Waals surface area contributed by atoms with Crippen LogP contribution in [0.25, 0.3) is 5.82 Å². The number of aromatic nitrogens is 3. The number of hydrogen-bond donors (Lipinski definition) is 1. The van der Waals surface area contributed by atoms with E-state index in [1.54, 1.807) is 6.07 Å². The first-order valence-electron chi connectivity index (χ1n) is 6.28. The average molecular weight is 319 g/mol. The maximum Gasteiger partial charge on any atom is 0.419 e. The van der Waals surface area contributed by atoms with Crippen molar-refractivity contribution in [2.24, 2.45) is 0 Å². The molecule has 0 atom stereocenters. The normalized spacial score (nSPS) is 12.1. The van der Waals surface area contributed by atoms with E-state index in [0.717, 1.165) is 17.1 Å². The second-order valence-electron chi connectivity index (χ2n) is 4.80. The number of alkyl halides is 3. The second-order valence-corrected chi connectivity index (χ2v) is 5.21. The molecular weight excluding hydrogens is 305 g/mol. The summed E-state index contributed by atoms with van der Waals surface area (Å²) in [5, 5.41) is 7.30. The highest BCUT2D eigenvalue weighted by Crippen LogP contribution is 2.29. The van der Waals surface area contributed by atoms with Gasteiger partial charge < -0.3 is 5.32 Å². The lowest BCUT2D eigenvalue weighted by atomic mass is 10.3. The van der Waals surface area contributed by atoms with Crippen LogP contribution in [0, 0.1) is 0 Å². The van der Waals surface area contributed by atoms with Crippen molar-refractivity contribution < 1.29 is 13.2 Å². The lowest BCUT2D eigenvalue weighted by molar-refractivity contribution is -0.137. The first-order chi connectivity index (χ1) is 9.77. The standard InChI is InChI=1S/C13H14ClF3N4/c1-8(2)18-6-11-10(14)3-4-12(20-11)21-7-9(5-19-21)13(15,16)17/h3-5,7-8,18H,6H2,1-2H3.